The highest BCUT2D eigenvalue weighted by Gasteiger charge is 2.15. The van der Waals surface area contributed by atoms with Gasteiger partial charge in [-0.05, 0) is 18.6 Å². The predicted octanol–water partition coefficient (Wildman–Crippen LogP) is 3.17. The van der Waals surface area contributed by atoms with Crippen LogP contribution in [0.25, 0.3) is 0 Å². The van der Waals surface area contributed by atoms with E-state index in [1.807, 2.05) is 37.3 Å². The third-order valence-electron chi connectivity index (χ3n) is 3.41. The van der Waals surface area contributed by atoms with Crippen molar-refractivity contribution in [2.45, 2.75) is 13.5 Å². The van der Waals surface area contributed by atoms with Gasteiger partial charge in [0.1, 0.15) is 5.15 Å². The van der Waals surface area contributed by atoms with E-state index in [4.69, 9.17) is 23.2 Å². The molecule has 0 spiro atoms. The van der Waals surface area contributed by atoms with Crippen molar-refractivity contribution >= 4 is 35.0 Å². The molecule has 0 saturated carbocycles. The predicted molar refractivity (Wildman–Crippen MR) is 94.1 cm³/mol. The molecule has 126 valence electrons. The molecule has 1 N–H and O–H groups in total. The summed E-state index contributed by atoms with van der Waals surface area (Å²) in [6.07, 6.45) is 1.32. The van der Waals surface area contributed by atoms with Crippen LogP contribution in [0.5, 0.6) is 0 Å². The number of pyridine rings is 1. The summed E-state index contributed by atoms with van der Waals surface area (Å²) in [5.74, 6) is -0.590. The maximum absolute atomic E-state index is 12.3. The van der Waals surface area contributed by atoms with E-state index in [1.165, 1.54) is 12.3 Å². The minimum absolute atomic E-state index is 0.0975. The van der Waals surface area contributed by atoms with Gasteiger partial charge in [-0.3, -0.25) is 9.59 Å². The van der Waals surface area contributed by atoms with Crippen LogP contribution in [0.3, 0.4) is 0 Å². The highest BCUT2D eigenvalue weighted by atomic mass is 35.5. The molecule has 0 aliphatic rings. The van der Waals surface area contributed by atoms with Gasteiger partial charge < -0.3 is 10.2 Å². The lowest BCUT2D eigenvalue weighted by atomic mass is 10.2. The standard InChI is InChI=1S/C17H17Cl2N3O2/c1-2-22(11-12-6-4-3-5-7-12)15(23)10-21-17(24)13-8-14(18)16(19)20-9-13/h3-9H,2,10-11H2,1H3,(H,21,24). The summed E-state index contributed by atoms with van der Waals surface area (Å²) >= 11 is 11.5. The van der Waals surface area contributed by atoms with Gasteiger partial charge in [-0.15, -0.1) is 0 Å². The lowest BCUT2D eigenvalue weighted by molar-refractivity contribution is -0.130. The molecular formula is C17H17Cl2N3O2. The number of halogens is 2. The van der Waals surface area contributed by atoms with E-state index in [2.05, 4.69) is 10.3 Å². The number of aromatic nitrogens is 1. The van der Waals surface area contributed by atoms with Gasteiger partial charge in [0.25, 0.3) is 5.91 Å². The SMILES string of the molecule is CCN(Cc1ccccc1)C(=O)CNC(=O)c1cnc(Cl)c(Cl)c1. The number of amides is 2. The van der Waals surface area contributed by atoms with Crippen molar-refractivity contribution in [2.24, 2.45) is 0 Å². The summed E-state index contributed by atoms with van der Waals surface area (Å²) in [6.45, 7) is 2.85. The molecule has 2 aromatic rings. The quantitative estimate of drug-likeness (QED) is 0.799. The van der Waals surface area contributed by atoms with Crippen LogP contribution >= 0.6 is 23.2 Å². The molecule has 5 nitrogen and oxygen atoms in total. The highest BCUT2D eigenvalue weighted by Crippen LogP contribution is 2.19. The molecule has 2 amide bonds. The first-order chi connectivity index (χ1) is 11.5. The molecule has 0 fully saturated rings. The van der Waals surface area contributed by atoms with E-state index in [0.717, 1.165) is 5.56 Å². The Morgan fingerprint density at radius 3 is 2.54 bits per heavy atom. The zero-order valence-corrected chi connectivity index (χ0v) is 14.6. The second-order valence-electron chi connectivity index (χ2n) is 5.07. The Morgan fingerprint density at radius 1 is 1.21 bits per heavy atom. The zero-order chi connectivity index (χ0) is 17.5. The van der Waals surface area contributed by atoms with Crippen LogP contribution in [0, 0.1) is 0 Å². The number of benzene rings is 1. The van der Waals surface area contributed by atoms with Crippen molar-refractivity contribution in [1.29, 1.82) is 0 Å². The Morgan fingerprint density at radius 2 is 1.92 bits per heavy atom. The van der Waals surface area contributed by atoms with E-state index in [0.29, 0.717) is 13.1 Å². The maximum atomic E-state index is 12.3. The summed E-state index contributed by atoms with van der Waals surface area (Å²) in [7, 11) is 0. The second kappa shape index (κ2) is 8.66. The molecule has 1 heterocycles. The molecule has 0 aliphatic carbocycles. The van der Waals surface area contributed by atoms with E-state index >= 15 is 0 Å². The molecule has 0 radical (unpaired) electrons. The van der Waals surface area contributed by atoms with E-state index in [-0.39, 0.29) is 28.2 Å². The molecule has 0 atom stereocenters. The monoisotopic (exact) mass is 365 g/mol. The highest BCUT2D eigenvalue weighted by molar-refractivity contribution is 6.41. The molecule has 0 unspecified atom stereocenters. The van der Waals surface area contributed by atoms with Gasteiger partial charge in [0.15, 0.2) is 0 Å². The van der Waals surface area contributed by atoms with Gasteiger partial charge in [0.2, 0.25) is 5.91 Å². The van der Waals surface area contributed by atoms with E-state index in [9.17, 15) is 9.59 Å². The van der Waals surface area contributed by atoms with Crippen LogP contribution in [-0.2, 0) is 11.3 Å². The number of carbonyl (C=O) groups excluding carboxylic acids is 2. The molecule has 24 heavy (non-hydrogen) atoms. The van der Waals surface area contributed by atoms with Gasteiger partial charge in [0.05, 0.1) is 17.1 Å². The first-order valence-corrected chi connectivity index (χ1v) is 8.17. The molecule has 2 rings (SSSR count). The largest absolute Gasteiger partial charge is 0.343 e. The Labute approximate surface area is 150 Å². The summed E-state index contributed by atoms with van der Waals surface area (Å²) in [5.41, 5.74) is 1.29. The van der Waals surface area contributed by atoms with Crippen LogP contribution < -0.4 is 5.32 Å². The fourth-order valence-corrected chi connectivity index (χ4v) is 2.36. The molecule has 1 aromatic heterocycles. The first-order valence-electron chi connectivity index (χ1n) is 7.42. The average Bonchev–Trinajstić information content (AvgIpc) is 2.60. The topological polar surface area (TPSA) is 62.3 Å². The number of carbonyl (C=O) groups is 2. The number of hydrogen-bond acceptors (Lipinski definition) is 3. The lowest BCUT2D eigenvalue weighted by Crippen LogP contribution is -2.39. The Bertz CT molecular complexity index is 723. The zero-order valence-electron chi connectivity index (χ0n) is 13.1. The fourth-order valence-electron chi connectivity index (χ4n) is 2.10. The molecule has 0 bridgehead atoms. The number of nitrogens with one attached hydrogen (secondary N) is 1. The Balaban J connectivity index is 1.93. The molecule has 0 aliphatic heterocycles. The Hall–Kier alpha value is -2.11. The molecule has 0 saturated heterocycles. The Kier molecular flexibility index (Phi) is 6.58. The lowest BCUT2D eigenvalue weighted by Gasteiger charge is -2.21. The van der Waals surface area contributed by atoms with Crippen LogP contribution in [-0.4, -0.2) is 34.8 Å². The minimum Gasteiger partial charge on any atom is -0.343 e. The number of hydrogen-bond donors (Lipinski definition) is 1. The number of nitrogens with zero attached hydrogens (tertiary/aromatic N) is 2. The summed E-state index contributed by atoms with van der Waals surface area (Å²) < 4.78 is 0. The van der Waals surface area contributed by atoms with Crippen molar-refractivity contribution in [3.8, 4) is 0 Å². The van der Waals surface area contributed by atoms with Gasteiger partial charge >= 0.3 is 0 Å². The van der Waals surface area contributed by atoms with Gasteiger partial charge in [-0.1, -0.05) is 53.5 Å². The van der Waals surface area contributed by atoms with Crippen LogP contribution in [0.15, 0.2) is 42.6 Å². The van der Waals surface area contributed by atoms with Crippen molar-refractivity contribution in [3.05, 3.63) is 63.9 Å². The van der Waals surface area contributed by atoms with Crippen LogP contribution in [0.2, 0.25) is 10.2 Å². The third-order valence-corrected chi connectivity index (χ3v) is 4.10. The van der Waals surface area contributed by atoms with E-state index < -0.39 is 5.91 Å². The number of rotatable bonds is 6. The average molecular weight is 366 g/mol. The maximum Gasteiger partial charge on any atom is 0.253 e. The van der Waals surface area contributed by atoms with Crippen molar-refractivity contribution in [2.75, 3.05) is 13.1 Å². The van der Waals surface area contributed by atoms with E-state index in [1.54, 1.807) is 4.90 Å². The first kappa shape index (κ1) is 18.2. The molecular weight excluding hydrogens is 349 g/mol. The number of likely N-dealkylation sites (N-methyl/N-ethyl adjacent to an activating group) is 1. The van der Waals surface area contributed by atoms with Crippen LogP contribution in [0.4, 0.5) is 0 Å². The molecule has 1 aromatic carbocycles. The fraction of sp³-hybridized carbons (Fsp3) is 0.235. The van der Waals surface area contributed by atoms with Crippen LogP contribution in [0.1, 0.15) is 22.8 Å². The molecule has 7 heteroatoms. The van der Waals surface area contributed by atoms with Gasteiger partial charge in [-0.25, -0.2) is 4.98 Å². The van der Waals surface area contributed by atoms with Crippen molar-refractivity contribution < 1.29 is 9.59 Å². The summed E-state index contributed by atoms with van der Waals surface area (Å²) in [6, 6.07) is 11.1. The second-order valence-corrected chi connectivity index (χ2v) is 5.84. The summed E-state index contributed by atoms with van der Waals surface area (Å²) in [4.78, 5) is 29.8. The third kappa shape index (κ3) is 4.94. The minimum atomic E-state index is -0.426. The van der Waals surface area contributed by atoms with Crippen molar-refractivity contribution in [1.82, 2.24) is 15.2 Å². The van der Waals surface area contributed by atoms with Gasteiger partial charge in [0, 0.05) is 19.3 Å². The van der Waals surface area contributed by atoms with Crippen molar-refractivity contribution in [3.63, 3.8) is 0 Å². The van der Waals surface area contributed by atoms with Gasteiger partial charge in [-0.2, -0.15) is 0 Å². The normalized spacial score (nSPS) is 10.3. The summed E-state index contributed by atoms with van der Waals surface area (Å²) in [5, 5.41) is 2.89. The smallest absolute Gasteiger partial charge is 0.253 e.